The number of aromatic nitrogens is 3. The Bertz CT molecular complexity index is 1150. The summed E-state index contributed by atoms with van der Waals surface area (Å²) < 4.78 is 7.27. The Morgan fingerprint density at radius 3 is 2.72 bits per heavy atom. The van der Waals surface area contributed by atoms with Gasteiger partial charge in [0.15, 0.2) is 11.5 Å². The van der Waals surface area contributed by atoms with Gasteiger partial charge >= 0.3 is 0 Å². The van der Waals surface area contributed by atoms with Crippen molar-refractivity contribution >= 4 is 23.2 Å². The van der Waals surface area contributed by atoms with Gasteiger partial charge in [-0.25, -0.2) is 4.98 Å². The molecule has 4 rings (SSSR count). The number of benzene rings is 1. The van der Waals surface area contributed by atoms with Crippen molar-refractivity contribution in [3.8, 4) is 11.3 Å². The molecule has 1 N–H and O–H groups in total. The fraction of sp³-hybridized carbons (Fsp3) is 0.190. The number of hydrogen-bond donors (Lipinski definition) is 1. The normalized spacial score (nSPS) is 11.1. The van der Waals surface area contributed by atoms with Crippen LogP contribution in [0.2, 0.25) is 5.02 Å². The highest BCUT2D eigenvalue weighted by Crippen LogP contribution is 2.20. The van der Waals surface area contributed by atoms with Gasteiger partial charge in [0.25, 0.3) is 5.91 Å². The second-order valence-electron chi connectivity index (χ2n) is 6.83. The number of carbonyl (C=O) groups excluding carboxylic acids is 1. The molecule has 0 aliphatic heterocycles. The summed E-state index contributed by atoms with van der Waals surface area (Å²) in [5.41, 5.74) is 3.56. The van der Waals surface area contributed by atoms with Crippen molar-refractivity contribution in [1.29, 1.82) is 0 Å². The molecule has 0 aliphatic rings. The third-order valence-corrected chi connectivity index (χ3v) is 4.73. The Morgan fingerprint density at radius 2 is 1.97 bits per heavy atom. The zero-order valence-corrected chi connectivity index (χ0v) is 16.8. The Kier molecular flexibility index (Phi) is 5.33. The van der Waals surface area contributed by atoms with E-state index >= 15 is 0 Å². The van der Waals surface area contributed by atoms with Crippen LogP contribution >= 0.6 is 11.6 Å². The van der Waals surface area contributed by atoms with Crippen molar-refractivity contribution in [2.45, 2.75) is 13.1 Å². The molecule has 0 spiro atoms. The lowest BCUT2D eigenvalue weighted by Crippen LogP contribution is -2.25. The Labute approximate surface area is 172 Å². The topological polar surface area (TPSA) is 75.7 Å². The summed E-state index contributed by atoms with van der Waals surface area (Å²) in [6.07, 6.45) is 1.76. The van der Waals surface area contributed by atoms with Crippen LogP contribution in [0.4, 0.5) is 0 Å². The number of nitrogens with zero attached hydrogens (tertiary/aromatic N) is 4. The first-order chi connectivity index (χ1) is 14.0. The zero-order chi connectivity index (χ0) is 20.4. The highest BCUT2D eigenvalue weighted by Gasteiger charge is 2.20. The molecule has 0 bridgehead atoms. The molecule has 3 heterocycles. The summed E-state index contributed by atoms with van der Waals surface area (Å²) in [5, 5.41) is 8.01. The lowest BCUT2D eigenvalue weighted by Gasteiger charge is -2.10. The highest BCUT2D eigenvalue weighted by atomic mass is 35.5. The monoisotopic (exact) mass is 409 g/mol. The van der Waals surface area contributed by atoms with Crippen molar-refractivity contribution in [3.05, 3.63) is 76.8 Å². The Morgan fingerprint density at radius 1 is 1.17 bits per heavy atom. The van der Waals surface area contributed by atoms with Gasteiger partial charge in [-0.3, -0.25) is 4.79 Å². The molecule has 7 nitrogen and oxygen atoms in total. The first-order valence-electron chi connectivity index (χ1n) is 9.13. The molecule has 29 heavy (non-hydrogen) atoms. The lowest BCUT2D eigenvalue weighted by atomic mass is 10.1. The maximum atomic E-state index is 12.6. The van der Waals surface area contributed by atoms with E-state index in [2.05, 4.69) is 15.5 Å². The maximum Gasteiger partial charge on any atom is 0.273 e. The minimum atomic E-state index is -0.158. The van der Waals surface area contributed by atoms with Crippen LogP contribution < -0.4 is 5.32 Å². The fourth-order valence-corrected chi connectivity index (χ4v) is 3.22. The average Bonchev–Trinajstić information content (AvgIpc) is 3.33. The molecule has 0 fully saturated rings. The van der Waals surface area contributed by atoms with Crippen LogP contribution in [0.25, 0.3) is 17.0 Å². The van der Waals surface area contributed by atoms with Crippen LogP contribution in [0.5, 0.6) is 0 Å². The second kappa shape index (κ2) is 8.06. The minimum Gasteiger partial charge on any atom is -0.356 e. The quantitative estimate of drug-likeness (QED) is 0.526. The summed E-state index contributed by atoms with van der Waals surface area (Å²) in [4.78, 5) is 18.6. The summed E-state index contributed by atoms with van der Waals surface area (Å²) >= 11 is 6.15. The van der Waals surface area contributed by atoms with Crippen LogP contribution in [0.3, 0.4) is 0 Å². The summed E-state index contributed by atoms with van der Waals surface area (Å²) in [6.45, 7) is 0.906. The van der Waals surface area contributed by atoms with Crippen molar-refractivity contribution in [2.75, 3.05) is 14.1 Å². The van der Waals surface area contributed by atoms with E-state index in [0.717, 1.165) is 17.0 Å². The number of hydrogen-bond acceptors (Lipinski definition) is 5. The van der Waals surface area contributed by atoms with Gasteiger partial charge < -0.3 is 19.1 Å². The number of amides is 1. The SMILES string of the molecule is CN(C)C(=O)c1nc2ccc(Cl)cn2c1CNCc1cc(-c2ccccc2)on1. The maximum absolute atomic E-state index is 12.6. The third-order valence-electron chi connectivity index (χ3n) is 4.51. The van der Waals surface area contributed by atoms with Gasteiger partial charge in [0.05, 0.1) is 16.4 Å². The molecule has 0 radical (unpaired) electrons. The number of carbonyl (C=O) groups is 1. The van der Waals surface area contributed by atoms with Gasteiger partial charge in [-0.1, -0.05) is 47.1 Å². The second-order valence-corrected chi connectivity index (χ2v) is 7.27. The molecule has 0 aliphatic carbocycles. The number of nitrogens with one attached hydrogen (secondary N) is 1. The third kappa shape index (κ3) is 4.01. The molecule has 148 valence electrons. The standard InChI is InChI=1S/C21H20ClN5O2/c1-26(2)21(28)20-17(27-13-15(22)8-9-19(27)24-20)12-23-11-16-10-18(29-25-16)14-6-4-3-5-7-14/h3-10,13,23H,11-12H2,1-2H3. The number of halogens is 1. The highest BCUT2D eigenvalue weighted by molar-refractivity contribution is 6.30. The fourth-order valence-electron chi connectivity index (χ4n) is 3.06. The van der Waals surface area contributed by atoms with E-state index in [1.165, 1.54) is 4.90 Å². The lowest BCUT2D eigenvalue weighted by molar-refractivity contribution is 0.0821. The van der Waals surface area contributed by atoms with Crippen LogP contribution in [0.15, 0.2) is 59.3 Å². The van der Waals surface area contributed by atoms with Crippen LogP contribution in [0, 0.1) is 0 Å². The van der Waals surface area contributed by atoms with Crippen LogP contribution in [0.1, 0.15) is 21.9 Å². The minimum absolute atomic E-state index is 0.158. The summed E-state index contributed by atoms with van der Waals surface area (Å²) in [7, 11) is 3.41. The number of imidazole rings is 1. The van der Waals surface area contributed by atoms with Crippen LogP contribution in [-0.2, 0) is 13.1 Å². The van der Waals surface area contributed by atoms with E-state index in [-0.39, 0.29) is 5.91 Å². The molecule has 0 saturated carbocycles. The molecule has 1 amide bonds. The molecule has 1 aromatic carbocycles. The number of fused-ring (bicyclic) bond motifs is 1. The van der Waals surface area contributed by atoms with E-state index in [4.69, 9.17) is 16.1 Å². The smallest absolute Gasteiger partial charge is 0.273 e. The number of pyridine rings is 1. The molecule has 0 unspecified atom stereocenters. The van der Waals surface area contributed by atoms with Gasteiger partial charge in [-0.15, -0.1) is 0 Å². The first kappa shape index (κ1) is 19.2. The molecular formula is C21H20ClN5O2. The van der Waals surface area contributed by atoms with Gasteiger partial charge in [-0.05, 0) is 12.1 Å². The molecule has 3 aromatic heterocycles. The van der Waals surface area contributed by atoms with Crippen molar-refractivity contribution in [3.63, 3.8) is 0 Å². The molecule has 0 atom stereocenters. The predicted molar refractivity (Wildman–Crippen MR) is 111 cm³/mol. The van der Waals surface area contributed by atoms with Crippen molar-refractivity contribution in [2.24, 2.45) is 0 Å². The van der Waals surface area contributed by atoms with Gasteiger partial charge in [0.2, 0.25) is 0 Å². The van der Waals surface area contributed by atoms with E-state index in [0.29, 0.717) is 35.2 Å². The first-order valence-corrected chi connectivity index (χ1v) is 9.50. The van der Waals surface area contributed by atoms with Gasteiger partial charge in [0.1, 0.15) is 5.65 Å². The molecule has 8 heteroatoms. The summed E-state index contributed by atoms with van der Waals surface area (Å²) in [5.74, 6) is 0.557. The van der Waals surface area contributed by atoms with Crippen molar-refractivity contribution in [1.82, 2.24) is 24.8 Å². The zero-order valence-electron chi connectivity index (χ0n) is 16.1. The summed E-state index contributed by atoms with van der Waals surface area (Å²) in [6, 6.07) is 15.3. The Hall–Kier alpha value is -3.16. The predicted octanol–water partition coefficient (Wildman–Crippen LogP) is 3.63. The number of rotatable bonds is 6. The molecule has 0 saturated heterocycles. The average molecular weight is 410 g/mol. The largest absolute Gasteiger partial charge is 0.356 e. The van der Waals surface area contributed by atoms with Crippen LogP contribution in [-0.4, -0.2) is 39.4 Å². The molecule has 4 aromatic rings. The van der Waals surface area contributed by atoms with Crippen molar-refractivity contribution < 1.29 is 9.32 Å². The Balaban J connectivity index is 1.54. The molecular weight excluding hydrogens is 390 g/mol. The van der Waals surface area contributed by atoms with E-state index in [1.54, 1.807) is 32.4 Å². The van der Waals surface area contributed by atoms with E-state index in [9.17, 15) is 4.79 Å². The van der Waals surface area contributed by atoms with Gasteiger partial charge in [0, 0.05) is 45.0 Å². The van der Waals surface area contributed by atoms with E-state index in [1.807, 2.05) is 40.8 Å². The van der Waals surface area contributed by atoms with E-state index < -0.39 is 0 Å². The van der Waals surface area contributed by atoms with Gasteiger partial charge in [-0.2, -0.15) is 0 Å².